The summed E-state index contributed by atoms with van der Waals surface area (Å²) in [5.74, 6) is 0.272. The first kappa shape index (κ1) is 21.0. The van der Waals surface area contributed by atoms with E-state index in [1.54, 1.807) is 0 Å². The molecule has 0 aliphatic heterocycles. The molecule has 0 amide bonds. The molecule has 1 aromatic heterocycles. The lowest BCUT2D eigenvalue weighted by Crippen LogP contribution is -1.96. The van der Waals surface area contributed by atoms with Crippen LogP contribution in [-0.4, -0.2) is 10.2 Å². The fourth-order valence-electron chi connectivity index (χ4n) is 1.72. The van der Waals surface area contributed by atoms with Crippen LogP contribution in [0.3, 0.4) is 0 Å². The number of hydrogen-bond acceptors (Lipinski definition) is 3. The van der Waals surface area contributed by atoms with Gasteiger partial charge in [-0.2, -0.15) is 0 Å². The summed E-state index contributed by atoms with van der Waals surface area (Å²) in [6.07, 6.45) is 0. The van der Waals surface area contributed by atoms with E-state index in [9.17, 15) is 0 Å². The fraction of sp³-hybridized carbons (Fsp3) is 0.375. The second-order valence-electron chi connectivity index (χ2n) is 4.71. The van der Waals surface area contributed by atoms with Crippen LogP contribution < -0.4 is 0 Å². The van der Waals surface area contributed by atoms with Crippen molar-refractivity contribution in [2.75, 3.05) is 0 Å². The minimum absolute atomic E-state index is 0.272. The Morgan fingerprint density at radius 1 is 1.04 bits per heavy atom. The molecule has 126 valence electrons. The summed E-state index contributed by atoms with van der Waals surface area (Å²) in [4.78, 5) is 0.773. The third kappa shape index (κ3) is 5.79. The Labute approximate surface area is 165 Å². The molecule has 0 atom stereocenters. The first-order valence-corrected chi connectivity index (χ1v) is 10.2. The summed E-state index contributed by atoms with van der Waals surface area (Å²) in [5.41, 5.74) is 1.98. The number of benzene rings is 1. The molecule has 0 fully saturated rings. The summed E-state index contributed by atoms with van der Waals surface area (Å²) in [7, 11) is 0. The SMILES string of the molecule is CC.CC(C)c1cc(Sc2c(Cl)cc(CBr)cc2Cl)nnc1Cl. The van der Waals surface area contributed by atoms with Crippen molar-refractivity contribution >= 4 is 62.5 Å². The van der Waals surface area contributed by atoms with Crippen molar-refractivity contribution in [3.8, 4) is 0 Å². The number of nitrogens with zero attached hydrogens (tertiary/aromatic N) is 2. The highest BCUT2D eigenvalue weighted by atomic mass is 79.9. The van der Waals surface area contributed by atoms with Gasteiger partial charge in [-0.25, -0.2) is 0 Å². The van der Waals surface area contributed by atoms with Crippen molar-refractivity contribution in [3.63, 3.8) is 0 Å². The zero-order chi connectivity index (χ0) is 17.6. The van der Waals surface area contributed by atoms with E-state index >= 15 is 0 Å². The van der Waals surface area contributed by atoms with Gasteiger partial charge in [0.05, 0.1) is 14.9 Å². The van der Waals surface area contributed by atoms with Gasteiger partial charge in [0.25, 0.3) is 0 Å². The molecule has 2 rings (SSSR count). The summed E-state index contributed by atoms with van der Waals surface area (Å²) in [6.45, 7) is 8.12. The Morgan fingerprint density at radius 3 is 2.09 bits per heavy atom. The largest absolute Gasteiger partial charge is 0.155 e. The molecule has 0 aliphatic rings. The molecule has 0 unspecified atom stereocenters. The molecule has 0 bridgehead atoms. The molecule has 1 heterocycles. The molecule has 0 saturated carbocycles. The number of hydrogen-bond donors (Lipinski definition) is 0. The van der Waals surface area contributed by atoms with E-state index in [0.29, 0.717) is 20.5 Å². The Bertz CT molecular complexity index is 643. The van der Waals surface area contributed by atoms with Gasteiger partial charge in [-0.15, -0.1) is 10.2 Å². The highest BCUT2D eigenvalue weighted by Crippen LogP contribution is 2.39. The lowest BCUT2D eigenvalue weighted by atomic mass is 10.1. The van der Waals surface area contributed by atoms with Crippen LogP contribution in [0.1, 0.15) is 44.7 Å². The van der Waals surface area contributed by atoms with Crippen LogP contribution in [0, 0.1) is 0 Å². The Hall–Kier alpha value is -0.000000000000000167. The molecular formula is C16H18BrCl3N2S. The summed E-state index contributed by atoms with van der Waals surface area (Å²) < 4.78 is 0. The average molecular weight is 457 g/mol. The third-order valence-electron chi connectivity index (χ3n) is 2.79. The molecule has 0 N–H and O–H groups in total. The van der Waals surface area contributed by atoms with Crippen molar-refractivity contribution in [2.45, 2.75) is 48.9 Å². The van der Waals surface area contributed by atoms with E-state index in [0.717, 1.165) is 21.0 Å². The summed E-state index contributed by atoms with van der Waals surface area (Å²) >= 11 is 23.4. The van der Waals surface area contributed by atoms with E-state index in [-0.39, 0.29) is 5.92 Å². The minimum Gasteiger partial charge on any atom is -0.142 e. The maximum absolute atomic E-state index is 6.30. The van der Waals surface area contributed by atoms with Gasteiger partial charge in [0.1, 0.15) is 5.03 Å². The fourth-order valence-corrected chi connectivity index (χ4v) is 3.91. The predicted molar refractivity (Wildman–Crippen MR) is 106 cm³/mol. The molecule has 0 aliphatic carbocycles. The number of aromatic nitrogens is 2. The molecule has 1 aromatic carbocycles. The lowest BCUT2D eigenvalue weighted by molar-refractivity contribution is 0.815. The van der Waals surface area contributed by atoms with Crippen molar-refractivity contribution in [1.82, 2.24) is 10.2 Å². The zero-order valence-corrected chi connectivity index (χ0v) is 18.0. The summed E-state index contributed by atoms with van der Waals surface area (Å²) in [6, 6.07) is 5.70. The van der Waals surface area contributed by atoms with E-state index in [2.05, 4.69) is 40.0 Å². The maximum atomic E-state index is 6.30. The highest BCUT2D eigenvalue weighted by molar-refractivity contribution is 9.08. The van der Waals surface area contributed by atoms with E-state index in [1.165, 1.54) is 11.8 Å². The first-order valence-electron chi connectivity index (χ1n) is 7.17. The smallest absolute Gasteiger partial charge is 0.142 e. The molecule has 0 spiro atoms. The molecular weight excluding hydrogens is 439 g/mol. The van der Waals surface area contributed by atoms with Crippen LogP contribution >= 0.6 is 62.5 Å². The number of alkyl halides is 1. The van der Waals surface area contributed by atoms with Crippen molar-refractivity contribution < 1.29 is 0 Å². The van der Waals surface area contributed by atoms with Gasteiger partial charge in [0.2, 0.25) is 0 Å². The van der Waals surface area contributed by atoms with Crippen molar-refractivity contribution in [3.05, 3.63) is 44.5 Å². The van der Waals surface area contributed by atoms with Crippen LogP contribution in [0.4, 0.5) is 0 Å². The topological polar surface area (TPSA) is 25.8 Å². The lowest BCUT2D eigenvalue weighted by Gasteiger charge is -2.10. The first-order chi connectivity index (χ1) is 10.9. The van der Waals surface area contributed by atoms with Crippen LogP contribution in [-0.2, 0) is 5.33 Å². The molecule has 2 nitrogen and oxygen atoms in total. The average Bonchev–Trinajstić information content (AvgIpc) is 2.53. The van der Waals surface area contributed by atoms with E-state index in [1.807, 2.05) is 32.0 Å². The molecule has 7 heteroatoms. The van der Waals surface area contributed by atoms with Crippen LogP contribution in [0.15, 0.2) is 28.1 Å². The minimum atomic E-state index is 0.272. The van der Waals surface area contributed by atoms with Gasteiger partial charge in [-0.05, 0) is 35.2 Å². The number of rotatable bonds is 4. The van der Waals surface area contributed by atoms with Crippen LogP contribution in [0.2, 0.25) is 15.2 Å². The van der Waals surface area contributed by atoms with Gasteiger partial charge >= 0.3 is 0 Å². The molecule has 0 saturated heterocycles. The molecule has 0 radical (unpaired) electrons. The van der Waals surface area contributed by atoms with Gasteiger partial charge in [-0.3, -0.25) is 0 Å². The van der Waals surface area contributed by atoms with E-state index < -0.39 is 0 Å². The van der Waals surface area contributed by atoms with Gasteiger partial charge in [0, 0.05) is 5.33 Å². The Morgan fingerprint density at radius 2 is 1.61 bits per heavy atom. The zero-order valence-electron chi connectivity index (χ0n) is 13.3. The Balaban J connectivity index is 0.00000127. The van der Waals surface area contributed by atoms with Gasteiger partial charge in [0.15, 0.2) is 5.15 Å². The second-order valence-corrected chi connectivity index (χ2v) is 7.47. The van der Waals surface area contributed by atoms with Gasteiger partial charge in [-0.1, -0.05) is 90.2 Å². The highest BCUT2D eigenvalue weighted by Gasteiger charge is 2.14. The summed E-state index contributed by atoms with van der Waals surface area (Å²) in [5, 5.41) is 11.1. The third-order valence-corrected chi connectivity index (χ3v) is 5.61. The predicted octanol–water partition coefficient (Wildman–Crippen LogP) is 7.63. The second kappa shape index (κ2) is 10.1. The van der Waals surface area contributed by atoms with Crippen LogP contribution in [0.5, 0.6) is 0 Å². The van der Waals surface area contributed by atoms with Gasteiger partial charge < -0.3 is 0 Å². The monoisotopic (exact) mass is 454 g/mol. The Kier molecular flexibility index (Phi) is 9.24. The van der Waals surface area contributed by atoms with Crippen molar-refractivity contribution in [2.24, 2.45) is 0 Å². The number of halogens is 4. The van der Waals surface area contributed by atoms with Crippen molar-refractivity contribution in [1.29, 1.82) is 0 Å². The quantitative estimate of drug-likeness (QED) is 0.442. The molecule has 2 aromatic rings. The maximum Gasteiger partial charge on any atom is 0.155 e. The standard InChI is InChI=1S/C14H12BrCl3N2S.C2H6/c1-7(2)9-5-12(19-20-14(9)18)21-13-10(16)3-8(6-15)4-11(13)17;1-2/h3-5,7H,6H2,1-2H3;1-2H3. The molecule has 23 heavy (non-hydrogen) atoms. The normalized spacial score (nSPS) is 10.5. The van der Waals surface area contributed by atoms with Crippen LogP contribution in [0.25, 0.3) is 0 Å². The van der Waals surface area contributed by atoms with E-state index in [4.69, 9.17) is 34.8 Å².